The lowest BCUT2D eigenvalue weighted by Crippen LogP contribution is -2.22. The number of carboxylic acids is 1. The lowest BCUT2D eigenvalue weighted by molar-refractivity contribution is 0.0696. The molecule has 2 rings (SSSR count). The quantitative estimate of drug-likeness (QED) is 0.656. The topological polar surface area (TPSA) is 77.2 Å². The van der Waals surface area contributed by atoms with Crippen LogP contribution in [0.15, 0.2) is 12.3 Å². The first-order valence-electron chi connectivity index (χ1n) is 6.92. The number of hydrogen-bond acceptors (Lipinski definition) is 4. The maximum Gasteiger partial charge on any atom is 0.337 e. The van der Waals surface area contributed by atoms with Crippen molar-refractivity contribution in [2.24, 2.45) is 0 Å². The van der Waals surface area contributed by atoms with Crippen molar-refractivity contribution in [2.45, 2.75) is 39.3 Å². The van der Waals surface area contributed by atoms with Crippen LogP contribution in [0.5, 0.6) is 0 Å². The van der Waals surface area contributed by atoms with Crippen LogP contribution in [0, 0.1) is 6.92 Å². The SMILES string of the molecule is Cc1nn(COCC[Si](C)(C)C)c2ncc(C(=O)O)cc12. The van der Waals surface area contributed by atoms with Gasteiger partial charge in [-0.25, -0.2) is 14.5 Å². The molecule has 0 bridgehead atoms. The zero-order valence-electron chi connectivity index (χ0n) is 12.9. The number of pyridine rings is 1. The van der Waals surface area contributed by atoms with Gasteiger partial charge in [0.05, 0.1) is 11.3 Å². The molecule has 114 valence electrons. The van der Waals surface area contributed by atoms with E-state index in [-0.39, 0.29) is 5.56 Å². The maximum absolute atomic E-state index is 11.0. The Balaban J connectivity index is 2.12. The van der Waals surface area contributed by atoms with Crippen molar-refractivity contribution in [2.75, 3.05) is 6.61 Å². The molecule has 0 spiro atoms. The number of carboxylic acid groups (broad SMARTS) is 1. The average molecular weight is 307 g/mol. The molecule has 0 radical (unpaired) electrons. The summed E-state index contributed by atoms with van der Waals surface area (Å²) in [6.07, 6.45) is 1.35. The van der Waals surface area contributed by atoms with E-state index < -0.39 is 14.0 Å². The fraction of sp³-hybridized carbons (Fsp3) is 0.500. The van der Waals surface area contributed by atoms with Crippen molar-refractivity contribution >= 4 is 25.1 Å². The third kappa shape index (κ3) is 3.89. The van der Waals surface area contributed by atoms with Crippen LogP contribution in [0.25, 0.3) is 11.0 Å². The molecule has 1 N–H and O–H groups in total. The summed E-state index contributed by atoms with van der Waals surface area (Å²) in [4.78, 5) is 15.2. The Morgan fingerprint density at radius 3 is 2.76 bits per heavy atom. The van der Waals surface area contributed by atoms with Gasteiger partial charge in [0, 0.05) is 26.3 Å². The summed E-state index contributed by atoms with van der Waals surface area (Å²) in [5.41, 5.74) is 1.59. The number of hydrogen-bond donors (Lipinski definition) is 1. The van der Waals surface area contributed by atoms with Crippen molar-refractivity contribution in [3.63, 3.8) is 0 Å². The van der Waals surface area contributed by atoms with Crippen molar-refractivity contribution in [3.8, 4) is 0 Å². The van der Waals surface area contributed by atoms with E-state index in [2.05, 4.69) is 29.7 Å². The van der Waals surface area contributed by atoms with Crippen LogP contribution in [0.3, 0.4) is 0 Å². The second kappa shape index (κ2) is 5.95. The fourth-order valence-electron chi connectivity index (χ4n) is 1.95. The van der Waals surface area contributed by atoms with E-state index in [0.29, 0.717) is 19.0 Å². The first kappa shape index (κ1) is 15.7. The number of rotatable bonds is 6. The van der Waals surface area contributed by atoms with Crippen LogP contribution in [0.4, 0.5) is 0 Å². The molecule has 0 atom stereocenters. The molecule has 6 nitrogen and oxygen atoms in total. The van der Waals surface area contributed by atoms with Gasteiger partial charge in [-0.2, -0.15) is 5.10 Å². The maximum atomic E-state index is 11.0. The number of nitrogens with zero attached hydrogens (tertiary/aromatic N) is 3. The fourth-order valence-corrected chi connectivity index (χ4v) is 2.70. The summed E-state index contributed by atoms with van der Waals surface area (Å²) < 4.78 is 7.35. The van der Waals surface area contributed by atoms with Crippen LogP contribution >= 0.6 is 0 Å². The van der Waals surface area contributed by atoms with Gasteiger partial charge in [-0.3, -0.25) is 0 Å². The van der Waals surface area contributed by atoms with Gasteiger partial charge in [0.1, 0.15) is 6.73 Å². The van der Waals surface area contributed by atoms with E-state index in [1.165, 1.54) is 6.20 Å². The molecule has 0 aliphatic rings. The Morgan fingerprint density at radius 2 is 2.14 bits per heavy atom. The van der Waals surface area contributed by atoms with E-state index in [0.717, 1.165) is 17.1 Å². The van der Waals surface area contributed by atoms with E-state index >= 15 is 0 Å². The Morgan fingerprint density at radius 1 is 1.43 bits per heavy atom. The first-order valence-corrected chi connectivity index (χ1v) is 10.6. The van der Waals surface area contributed by atoms with E-state index in [9.17, 15) is 4.79 Å². The largest absolute Gasteiger partial charge is 0.478 e. The van der Waals surface area contributed by atoms with Gasteiger partial charge in [-0.05, 0) is 19.0 Å². The molecule has 2 aromatic heterocycles. The number of aromatic carboxylic acids is 1. The average Bonchev–Trinajstić information content (AvgIpc) is 2.70. The highest BCUT2D eigenvalue weighted by Crippen LogP contribution is 2.18. The van der Waals surface area contributed by atoms with Gasteiger partial charge in [0.25, 0.3) is 0 Å². The molecule has 0 amide bonds. The number of aromatic nitrogens is 3. The molecule has 0 aromatic carbocycles. The van der Waals surface area contributed by atoms with Crippen molar-refractivity contribution < 1.29 is 14.6 Å². The molecule has 0 aliphatic heterocycles. The van der Waals surface area contributed by atoms with Crippen molar-refractivity contribution in [3.05, 3.63) is 23.5 Å². The summed E-state index contributed by atoms with van der Waals surface area (Å²) >= 11 is 0. The monoisotopic (exact) mass is 307 g/mol. The second-order valence-electron chi connectivity index (χ2n) is 6.33. The van der Waals surface area contributed by atoms with Gasteiger partial charge in [0.15, 0.2) is 5.65 Å². The van der Waals surface area contributed by atoms with Crippen molar-refractivity contribution in [1.82, 2.24) is 14.8 Å². The minimum Gasteiger partial charge on any atom is -0.478 e. The lowest BCUT2D eigenvalue weighted by atomic mass is 10.2. The molecule has 7 heteroatoms. The Bertz CT molecular complexity index is 661. The molecule has 0 saturated heterocycles. The molecule has 21 heavy (non-hydrogen) atoms. The smallest absolute Gasteiger partial charge is 0.337 e. The van der Waals surface area contributed by atoms with E-state index in [4.69, 9.17) is 9.84 Å². The summed E-state index contributed by atoms with van der Waals surface area (Å²) in [5.74, 6) is -0.983. The molecule has 0 fully saturated rings. The van der Waals surface area contributed by atoms with E-state index in [1.807, 2.05) is 6.92 Å². The summed E-state index contributed by atoms with van der Waals surface area (Å²) in [7, 11) is -1.10. The summed E-state index contributed by atoms with van der Waals surface area (Å²) in [5, 5.41) is 14.1. The Kier molecular flexibility index (Phi) is 4.43. The minimum absolute atomic E-state index is 0.171. The summed E-state index contributed by atoms with van der Waals surface area (Å²) in [6, 6.07) is 2.70. The predicted octanol–water partition coefficient (Wildman–Crippen LogP) is 2.75. The van der Waals surface area contributed by atoms with Gasteiger partial charge < -0.3 is 9.84 Å². The van der Waals surface area contributed by atoms with Crippen LogP contribution in [0.1, 0.15) is 16.1 Å². The molecular formula is C14H21N3O3Si. The van der Waals surface area contributed by atoms with E-state index in [1.54, 1.807) is 10.7 Å². The molecule has 2 heterocycles. The normalized spacial score (nSPS) is 12.0. The minimum atomic E-state index is -1.10. The summed E-state index contributed by atoms with van der Waals surface area (Å²) in [6.45, 7) is 9.81. The van der Waals surface area contributed by atoms with Gasteiger partial charge >= 0.3 is 5.97 Å². The number of carbonyl (C=O) groups is 1. The zero-order chi connectivity index (χ0) is 15.6. The number of fused-ring (bicyclic) bond motifs is 1. The standard InChI is InChI=1S/C14H21N3O3Si/c1-10-12-7-11(14(18)19)8-15-13(12)17(16-10)9-20-5-6-21(2,3)4/h7-8H,5-6,9H2,1-4H3,(H,18,19). The molecule has 0 aliphatic carbocycles. The van der Waals surface area contributed by atoms with Gasteiger partial charge in [-0.15, -0.1) is 0 Å². The second-order valence-corrected chi connectivity index (χ2v) is 12.0. The molecule has 0 unspecified atom stereocenters. The Hall–Kier alpha value is -1.73. The highest BCUT2D eigenvalue weighted by atomic mass is 28.3. The molecule has 0 saturated carbocycles. The highest BCUT2D eigenvalue weighted by Gasteiger charge is 2.14. The van der Waals surface area contributed by atoms with Crippen LogP contribution in [0.2, 0.25) is 25.7 Å². The number of aryl methyl sites for hydroxylation is 1. The third-order valence-corrected chi connectivity index (χ3v) is 4.93. The van der Waals surface area contributed by atoms with Gasteiger partial charge in [0.2, 0.25) is 0 Å². The molecule has 2 aromatic rings. The van der Waals surface area contributed by atoms with Crippen LogP contribution in [-0.2, 0) is 11.5 Å². The number of ether oxygens (including phenoxy) is 1. The van der Waals surface area contributed by atoms with Crippen LogP contribution < -0.4 is 0 Å². The third-order valence-electron chi connectivity index (χ3n) is 3.23. The van der Waals surface area contributed by atoms with Crippen LogP contribution in [-0.4, -0.2) is 40.5 Å². The van der Waals surface area contributed by atoms with Gasteiger partial charge in [-0.1, -0.05) is 19.6 Å². The molecular weight excluding hydrogens is 286 g/mol. The predicted molar refractivity (Wildman–Crippen MR) is 83.3 cm³/mol. The van der Waals surface area contributed by atoms with Crippen molar-refractivity contribution in [1.29, 1.82) is 0 Å². The Labute approximate surface area is 124 Å². The lowest BCUT2D eigenvalue weighted by Gasteiger charge is -2.15. The first-order chi connectivity index (χ1) is 9.78. The zero-order valence-corrected chi connectivity index (χ0v) is 13.9. The highest BCUT2D eigenvalue weighted by molar-refractivity contribution is 6.76.